The van der Waals surface area contributed by atoms with E-state index >= 15 is 0 Å². The summed E-state index contributed by atoms with van der Waals surface area (Å²) in [5.74, 6) is 0.275. The fourth-order valence-electron chi connectivity index (χ4n) is 3.90. The summed E-state index contributed by atoms with van der Waals surface area (Å²) < 4.78 is 0. The number of aromatic hydroxyl groups is 2. The average molecular weight is 556 g/mol. The minimum Gasteiger partial charge on any atom is -0.506 e. The Labute approximate surface area is 236 Å². The predicted octanol–water partition coefficient (Wildman–Crippen LogP) is 9.92. The fraction of sp³-hybridized carbons (Fsp3) is 0. The Balaban J connectivity index is 0.000000176. The van der Waals surface area contributed by atoms with Crippen LogP contribution in [0, 0.1) is 0 Å². The summed E-state index contributed by atoms with van der Waals surface area (Å²) in [4.78, 5) is 0. The smallest absolute Gasteiger partial charge is 0.143 e. The number of rotatable bonds is 4. The van der Waals surface area contributed by atoms with Crippen molar-refractivity contribution >= 4 is 44.3 Å². The molecule has 6 aromatic carbocycles. The summed E-state index contributed by atoms with van der Waals surface area (Å²) in [6.07, 6.45) is 0. The van der Waals surface area contributed by atoms with Crippen molar-refractivity contribution in [2.75, 3.05) is 0 Å². The van der Waals surface area contributed by atoms with Crippen LogP contribution in [0.5, 0.6) is 11.5 Å². The van der Waals surface area contributed by atoms with E-state index in [1.807, 2.05) is 121 Å². The van der Waals surface area contributed by atoms with Crippen LogP contribution in [0.4, 0.5) is 22.7 Å². The second-order valence-corrected chi connectivity index (χ2v) is 8.38. The second-order valence-electron chi connectivity index (χ2n) is 8.38. The molecule has 0 aliphatic carbocycles. The molecule has 6 aromatic rings. The molecule has 0 aliphatic rings. The summed E-state index contributed by atoms with van der Waals surface area (Å²) >= 11 is 0. The molecule has 0 aromatic heterocycles. The van der Waals surface area contributed by atoms with Gasteiger partial charge in [0.2, 0.25) is 0 Å². The van der Waals surface area contributed by atoms with Crippen LogP contribution in [0.2, 0.25) is 0 Å². The molecule has 0 unspecified atom stereocenters. The molecule has 0 bridgehead atoms. The van der Waals surface area contributed by atoms with Gasteiger partial charge in [0.05, 0.1) is 11.4 Å². The van der Waals surface area contributed by atoms with E-state index < -0.39 is 0 Å². The van der Waals surface area contributed by atoms with Gasteiger partial charge in [-0.2, -0.15) is 10.2 Å². The van der Waals surface area contributed by atoms with Crippen LogP contribution in [0.1, 0.15) is 0 Å². The van der Waals surface area contributed by atoms with Gasteiger partial charge in [0.1, 0.15) is 22.9 Å². The molecule has 7 heteroatoms. The summed E-state index contributed by atoms with van der Waals surface area (Å²) in [6, 6.07) is 41.5. The van der Waals surface area contributed by atoms with E-state index in [1.54, 1.807) is 12.1 Å². The monoisotopic (exact) mass is 555 g/mol. The summed E-state index contributed by atoms with van der Waals surface area (Å²) in [6.45, 7) is 0. The van der Waals surface area contributed by atoms with Crippen LogP contribution < -0.4 is 0 Å². The van der Waals surface area contributed by atoms with Crippen LogP contribution in [-0.4, -0.2) is 10.2 Å². The molecule has 0 spiro atoms. The Morgan fingerprint density at radius 1 is 0.359 bits per heavy atom. The zero-order valence-corrected chi connectivity index (χ0v) is 21.8. The van der Waals surface area contributed by atoms with Gasteiger partial charge >= 0.3 is 0 Å². The molecule has 39 heavy (non-hydrogen) atoms. The predicted molar refractivity (Wildman–Crippen MR) is 152 cm³/mol. The van der Waals surface area contributed by atoms with Gasteiger partial charge < -0.3 is 10.2 Å². The van der Waals surface area contributed by atoms with Crippen LogP contribution in [0.3, 0.4) is 0 Å². The van der Waals surface area contributed by atoms with E-state index in [2.05, 4.69) is 20.5 Å². The number of fused-ring (bicyclic) bond motifs is 2. The van der Waals surface area contributed by atoms with Crippen LogP contribution in [-0.2, 0) is 16.8 Å². The van der Waals surface area contributed by atoms with Crippen molar-refractivity contribution in [2.24, 2.45) is 20.5 Å². The van der Waals surface area contributed by atoms with Gasteiger partial charge in [-0.25, -0.2) is 0 Å². The van der Waals surface area contributed by atoms with Crippen molar-refractivity contribution in [3.05, 3.63) is 133 Å². The number of hydrogen-bond donors (Lipinski definition) is 2. The van der Waals surface area contributed by atoms with E-state index in [1.165, 1.54) is 0 Å². The Kier molecular flexibility index (Phi) is 9.13. The quantitative estimate of drug-likeness (QED) is 0.212. The standard InChI is InChI=1S/2C16H12N2O.Co/c2*19-15-11-10-12-6-4-5-9-14(12)16(15)18-17-13-7-2-1-3-8-13;/h2*1-11,19H;. The Morgan fingerprint density at radius 3 is 1.13 bits per heavy atom. The van der Waals surface area contributed by atoms with Crippen LogP contribution in [0.25, 0.3) is 21.5 Å². The fourth-order valence-corrected chi connectivity index (χ4v) is 3.90. The number of benzene rings is 6. The average Bonchev–Trinajstić information content (AvgIpc) is 2.97. The maximum atomic E-state index is 9.93. The Bertz CT molecular complexity index is 1610. The van der Waals surface area contributed by atoms with E-state index in [0.717, 1.165) is 32.9 Å². The number of phenolic OH excluding ortho intramolecular Hbond substituents is 2. The minimum absolute atomic E-state index is 0. The molecule has 193 valence electrons. The largest absolute Gasteiger partial charge is 0.506 e. The number of phenols is 2. The summed E-state index contributed by atoms with van der Waals surface area (Å²) in [5, 5.41) is 40.4. The Morgan fingerprint density at radius 2 is 0.718 bits per heavy atom. The first-order chi connectivity index (χ1) is 18.7. The molecule has 0 heterocycles. The van der Waals surface area contributed by atoms with Gasteiger partial charge in [-0.3, -0.25) is 0 Å². The molecule has 2 N–H and O–H groups in total. The van der Waals surface area contributed by atoms with Gasteiger partial charge in [-0.05, 0) is 47.2 Å². The third-order valence-electron chi connectivity index (χ3n) is 5.80. The molecular formula is C32H24CoN4O2. The zero-order valence-electron chi connectivity index (χ0n) is 20.7. The van der Waals surface area contributed by atoms with E-state index in [-0.39, 0.29) is 28.3 Å². The zero-order chi connectivity index (χ0) is 26.2. The first-order valence-electron chi connectivity index (χ1n) is 12.0. The van der Waals surface area contributed by atoms with Gasteiger partial charge in [0.15, 0.2) is 0 Å². The van der Waals surface area contributed by atoms with Crippen LogP contribution >= 0.6 is 0 Å². The molecule has 0 saturated carbocycles. The van der Waals surface area contributed by atoms with Gasteiger partial charge in [0, 0.05) is 27.6 Å². The third-order valence-corrected chi connectivity index (χ3v) is 5.80. The first kappa shape index (κ1) is 27.2. The molecule has 0 atom stereocenters. The molecular weight excluding hydrogens is 531 g/mol. The van der Waals surface area contributed by atoms with Crippen LogP contribution in [0.15, 0.2) is 154 Å². The van der Waals surface area contributed by atoms with Gasteiger partial charge in [-0.1, -0.05) is 97.1 Å². The summed E-state index contributed by atoms with van der Waals surface area (Å²) in [5.41, 5.74) is 2.52. The first-order valence-corrected chi connectivity index (χ1v) is 12.0. The number of azo groups is 2. The SMILES string of the molecule is Oc1ccc2ccccc2c1N=Nc1ccccc1.Oc1ccc2ccccc2c1N=Nc1ccccc1.[Co]. The topological polar surface area (TPSA) is 89.9 Å². The van der Waals surface area contributed by atoms with Gasteiger partial charge in [-0.15, -0.1) is 10.2 Å². The van der Waals surface area contributed by atoms with Gasteiger partial charge in [0.25, 0.3) is 0 Å². The van der Waals surface area contributed by atoms with E-state index in [0.29, 0.717) is 11.4 Å². The third kappa shape index (κ3) is 6.73. The van der Waals surface area contributed by atoms with Crippen molar-refractivity contribution in [2.45, 2.75) is 0 Å². The second kappa shape index (κ2) is 13.1. The molecule has 0 amide bonds. The molecule has 0 saturated heterocycles. The van der Waals surface area contributed by atoms with E-state index in [9.17, 15) is 10.2 Å². The van der Waals surface area contributed by atoms with Crippen molar-refractivity contribution in [1.29, 1.82) is 0 Å². The Hall–Kier alpha value is -4.85. The van der Waals surface area contributed by atoms with Crippen molar-refractivity contribution in [3.8, 4) is 11.5 Å². The number of nitrogens with zero attached hydrogens (tertiary/aromatic N) is 4. The normalized spacial score (nSPS) is 10.9. The molecule has 6 rings (SSSR count). The molecule has 1 radical (unpaired) electrons. The molecule has 0 aliphatic heterocycles. The number of hydrogen-bond acceptors (Lipinski definition) is 6. The maximum absolute atomic E-state index is 9.93. The minimum atomic E-state index is 0. The van der Waals surface area contributed by atoms with Crippen molar-refractivity contribution in [3.63, 3.8) is 0 Å². The molecule has 6 nitrogen and oxygen atoms in total. The maximum Gasteiger partial charge on any atom is 0.143 e. The van der Waals surface area contributed by atoms with Crippen molar-refractivity contribution in [1.82, 2.24) is 0 Å². The summed E-state index contributed by atoms with van der Waals surface area (Å²) in [7, 11) is 0. The van der Waals surface area contributed by atoms with E-state index in [4.69, 9.17) is 0 Å². The van der Waals surface area contributed by atoms with Crippen molar-refractivity contribution < 1.29 is 27.0 Å². The molecule has 0 fully saturated rings.